The van der Waals surface area contributed by atoms with Crippen LogP contribution in [0.5, 0.6) is 0 Å². The third-order valence-corrected chi connectivity index (χ3v) is 11.2. The van der Waals surface area contributed by atoms with Gasteiger partial charge in [0.1, 0.15) is 10.3 Å². The molecule has 1 aliphatic heterocycles. The van der Waals surface area contributed by atoms with Crippen LogP contribution in [0.25, 0.3) is 0 Å². The zero-order valence-electron chi connectivity index (χ0n) is 26.7. The molecule has 9 heteroatoms. The van der Waals surface area contributed by atoms with Crippen molar-refractivity contribution in [3.8, 4) is 0 Å². The molecule has 2 N–H and O–H groups in total. The maximum Gasteiger partial charge on any atom is 0.341 e. The van der Waals surface area contributed by atoms with Crippen LogP contribution in [0.1, 0.15) is 76.2 Å². The molecule has 1 aliphatic carbocycles. The molecule has 1 atom stereocenters. The van der Waals surface area contributed by atoms with Crippen molar-refractivity contribution in [2.75, 3.05) is 23.8 Å². The number of fused-ring (bicyclic) bond motifs is 1. The first-order chi connectivity index (χ1) is 23.0. The molecule has 0 spiro atoms. The van der Waals surface area contributed by atoms with E-state index in [1.165, 1.54) is 35.1 Å². The number of nitrogens with zero attached hydrogens (tertiary/aromatic N) is 1. The van der Waals surface area contributed by atoms with E-state index in [9.17, 15) is 14.4 Å². The molecule has 244 valence electrons. The number of anilines is 2. The van der Waals surface area contributed by atoms with E-state index in [1.807, 2.05) is 72.8 Å². The van der Waals surface area contributed by atoms with E-state index in [1.54, 1.807) is 6.92 Å². The van der Waals surface area contributed by atoms with Crippen LogP contribution in [0.3, 0.4) is 0 Å². The highest BCUT2D eigenvalue weighted by Crippen LogP contribution is 2.41. The van der Waals surface area contributed by atoms with Gasteiger partial charge in [-0.15, -0.1) is 23.1 Å². The van der Waals surface area contributed by atoms with Crippen LogP contribution in [0.2, 0.25) is 0 Å². The first kappa shape index (κ1) is 33.0. The molecule has 4 aromatic rings. The van der Waals surface area contributed by atoms with Gasteiger partial charge in [0.2, 0.25) is 11.8 Å². The zero-order chi connectivity index (χ0) is 32.6. The highest BCUT2D eigenvalue weighted by atomic mass is 32.2. The average Bonchev–Trinajstić information content (AvgIpc) is 3.45. The quantitative estimate of drug-likeness (QED) is 0.123. The van der Waals surface area contributed by atoms with Gasteiger partial charge in [0.05, 0.1) is 12.2 Å². The van der Waals surface area contributed by atoms with Crippen molar-refractivity contribution in [1.29, 1.82) is 0 Å². The number of thiophene rings is 1. The Morgan fingerprint density at radius 2 is 1.68 bits per heavy atom. The van der Waals surface area contributed by atoms with Crippen molar-refractivity contribution in [3.63, 3.8) is 0 Å². The maximum absolute atomic E-state index is 14.2. The molecule has 6 rings (SSSR count). The number of amides is 2. The molecule has 0 saturated heterocycles. The molecule has 2 aliphatic rings. The van der Waals surface area contributed by atoms with Gasteiger partial charge in [0.15, 0.2) is 0 Å². The van der Waals surface area contributed by atoms with Gasteiger partial charge in [-0.1, -0.05) is 86.0 Å². The lowest BCUT2D eigenvalue weighted by atomic mass is 9.88. The summed E-state index contributed by atoms with van der Waals surface area (Å²) in [5.41, 5.74) is 4.27. The molecule has 2 heterocycles. The lowest BCUT2D eigenvalue weighted by Gasteiger charge is -2.27. The smallest absolute Gasteiger partial charge is 0.341 e. The van der Waals surface area contributed by atoms with Crippen LogP contribution in [0.4, 0.5) is 10.7 Å². The average molecular weight is 668 g/mol. The summed E-state index contributed by atoms with van der Waals surface area (Å²) in [7, 11) is 0. The number of ether oxygens (including phenoxy) is 1. The Bertz CT molecular complexity index is 1690. The summed E-state index contributed by atoms with van der Waals surface area (Å²) in [6, 6.07) is 27.7. The molecule has 1 fully saturated rings. The number of hydrogen-bond acceptors (Lipinski definition) is 7. The Hall–Kier alpha value is -3.92. The molecule has 2 amide bonds. The van der Waals surface area contributed by atoms with E-state index < -0.39 is 11.2 Å². The van der Waals surface area contributed by atoms with Crippen molar-refractivity contribution in [1.82, 2.24) is 4.90 Å². The van der Waals surface area contributed by atoms with Crippen molar-refractivity contribution in [2.45, 2.75) is 68.7 Å². The number of esters is 1. The second kappa shape index (κ2) is 15.8. The summed E-state index contributed by atoms with van der Waals surface area (Å²) in [6.45, 7) is 4.39. The van der Waals surface area contributed by atoms with Crippen LogP contribution in [0.15, 0.2) is 89.8 Å². The van der Waals surface area contributed by atoms with Crippen LogP contribution in [-0.2, 0) is 33.8 Å². The van der Waals surface area contributed by atoms with E-state index >= 15 is 0 Å². The largest absolute Gasteiger partial charge is 0.462 e. The Labute approximate surface area is 285 Å². The van der Waals surface area contributed by atoms with Crippen molar-refractivity contribution in [2.24, 2.45) is 5.92 Å². The number of carbonyl (C=O) groups is 3. The van der Waals surface area contributed by atoms with Gasteiger partial charge >= 0.3 is 5.97 Å². The Morgan fingerprint density at radius 1 is 0.936 bits per heavy atom. The van der Waals surface area contributed by atoms with E-state index in [0.717, 1.165) is 65.4 Å². The molecule has 0 bridgehead atoms. The standard InChI is InChI=1S/C38H41N3O4S2/c1-2-45-38(44)33-31-21-22-41(24-26-13-6-3-7-14-26)25-32(31)47-37(33)40-36(43)34(27-15-8-4-9-16-27)46-30-20-12-19-29(23-30)39-35(42)28-17-10-5-11-18-28/h3-4,6-9,12-16,19-20,23,28,34H,2,5,10-11,17-18,21-22,24-25H2,1H3,(H,39,42)(H,40,43). The van der Waals surface area contributed by atoms with Crippen molar-refractivity contribution >= 4 is 51.6 Å². The Balaban J connectivity index is 1.23. The molecule has 3 aromatic carbocycles. The van der Waals surface area contributed by atoms with Gasteiger partial charge in [-0.3, -0.25) is 14.5 Å². The van der Waals surface area contributed by atoms with E-state index in [4.69, 9.17) is 4.74 Å². The van der Waals surface area contributed by atoms with E-state index in [2.05, 4.69) is 27.7 Å². The number of carbonyl (C=O) groups excluding carboxylic acids is 3. The lowest BCUT2D eigenvalue weighted by molar-refractivity contribution is -0.120. The first-order valence-corrected chi connectivity index (χ1v) is 18.2. The summed E-state index contributed by atoms with van der Waals surface area (Å²) in [5, 5.41) is 6.20. The van der Waals surface area contributed by atoms with Crippen LogP contribution >= 0.6 is 23.1 Å². The lowest BCUT2D eigenvalue weighted by Crippen LogP contribution is -2.30. The van der Waals surface area contributed by atoms with Gasteiger partial charge in [0, 0.05) is 41.0 Å². The topological polar surface area (TPSA) is 87.7 Å². The second-order valence-corrected chi connectivity index (χ2v) is 14.4. The Kier molecular flexibility index (Phi) is 11.1. The minimum absolute atomic E-state index is 0.0542. The summed E-state index contributed by atoms with van der Waals surface area (Å²) >= 11 is 2.89. The van der Waals surface area contributed by atoms with Crippen molar-refractivity contribution < 1.29 is 19.1 Å². The summed E-state index contributed by atoms with van der Waals surface area (Å²) < 4.78 is 5.49. The normalized spacial score (nSPS) is 15.8. The van der Waals surface area contributed by atoms with E-state index in [-0.39, 0.29) is 24.3 Å². The predicted octanol–water partition coefficient (Wildman–Crippen LogP) is 8.47. The Morgan fingerprint density at radius 3 is 2.43 bits per heavy atom. The summed E-state index contributed by atoms with van der Waals surface area (Å²) in [4.78, 5) is 44.7. The number of hydrogen-bond donors (Lipinski definition) is 2. The molecular formula is C38H41N3O4S2. The molecular weight excluding hydrogens is 627 g/mol. The molecule has 47 heavy (non-hydrogen) atoms. The van der Waals surface area contributed by atoms with E-state index in [0.29, 0.717) is 23.5 Å². The third kappa shape index (κ3) is 8.33. The van der Waals surface area contributed by atoms with Crippen LogP contribution in [-0.4, -0.2) is 35.8 Å². The second-order valence-electron chi connectivity index (χ2n) is 12.1. The van der Waals surface area contributed by atoms with Gasteiger partial charge < -0.3 is 15.4 Å². The number of nitrogens with one attached hydrogen (secondary N) is 2. The molecule has 0 radical (unpaired) electrons. The van der Waals surface area contributed by atoms with Gasteiger partial charge in [-0.05, 0) is 61.1 Å². The third-order valence-electron chi connectivity index (χ3n) is 8.77. The maximum atomic E-state index is 14.2. The van der Waals surface area contributed by atoms with Crippen LogP contribution in [0, 0.1) is 5.92 Å². The predicted molar refractivity (Wildman–Crippen MR) is 190 cm³/mol. The van der Waals surface area contributed by atoms with Gasteiger partial charge in [-0.2, -0.15) is 0 Å². The highest BCUT2D eigenvalue weighted by Gasteiger charge is 2.32. The fraction of sp³-hybridized carbons (Fsp3) is 0.342. The minimum Gasteiger partial charge on any atom is -0.462 e. The number of thioether (sulfide) groups is 1. The minimum atomic E-state index is -0.593. The molecule has 1 unspecified atom stereocenters. The van der Waals surface area contributed by atoms with Gasteiger partial charge in [-0.25, -0.2) is 4.79 Å². The molecule has 1 aromatic heterocycles. The molecule has 1 saturated carbocycles. The summed E-state index contributed by atoms with van der Waals surface area (Å²) in [6.07, 6.45) is 5.96. The fourth-order valence-electron chi connectivity index (χ4n) is 6.41. The van der Waals surface area contributed by atoms with Crippen molar-refractivity contribution in [3.05, 3.63) is 112 Å². The molecule has 7 nitrogen and oxygen atoms in total. The van der Waals surface area contributed by atoms with Gasteiger partial charge in [0.25, 0.3) is 0 Å². The first-order valence-electron chi connectivity index (χ1n) is 16.5. The van der Waals surface area contributed by atoms with Crippen LogP contribution < -0.4 is 10.6 Å². The zero-order valence-corrected chi connectivity index (χ0v) is 28.3. The highest BCUT2D eigenvalue weighted by molar-refractivity contribution is 8.00. The number of rotatable bonds is 11. The summed E-state index contributed by atoms with van der Waals surface area (Å²) in [5.74, 6) is -0.497. The SMILES string of the molecule is CCOC(=O)c1c(NC(=O)C(Sc2cccc(NC(=O)C3CCCCC3)c2)c2ccccc2)sc2c1CCN(Cc1ccccc1)C2. The number of benzene rings is 3. The monoisotopic (exact) mass is 667 g/mol. The fourth-order valence-corrected chi connectivity index (χ4v) is 8.78.